The van der Waals surface area contributed by atoms with Crippen molar-refractivity contribution in [3.63, 3.8) is 0 Å². The SMILES string of the molecule is Cc1noc(C)c1S(=O)(=O)NCc1ccc(C(O)c2ccccc2)s1. The number of aliphatic hydroxyl groups excluding tert-OH is 1. The van der Waals surface area contributed by atoms with E-state index in [4.69, 9.17) is 4.52 Å². The number of thiophene rings is 1. The lowest BCUT2D eigenvalue weighted by Gasteiger charge is -2.08. The molecule has 0 bridgehead atoms. The van der Waals surface area contributed by atoms with E-state index < -0.39 is 16.1 Å². The smallest absolute Gasteiger partial charge is 0.246 e. The van der Waals surface area contributed by atoms with Gasteiger partial charge in [-0.2, -0.15) is 0 Å². The zero-order valence-electron chi connectivity index (χ0n) is 13.8. The third-order valence-corrected chi connectivity index (χ3v) is 6.52. The second-order valence-electron chi connectivity index (χ2n) is 5.60. The van der Waals surface area contributed by atoms with E-state index in [-0.39, 0.29) is 17.2 Å². The summed E-state index contributed by atoms with van der Waals surface area (Å²) in [5.74, 6) is 0.261. The normalized spacial score (nSPS) is 13.1. The fourth-order valence-corrected chi connectivity index (χ4v) is 4.92. The second kappa shape index (κ2) is 7.09. The monoisotopic (exact) mass is 378 g/mol. The van der Waals surface area contributed by atoms with E-state index in [9.17, 15) is 13.5 Å². The summed E-state index contributed by atoms with van der Waals surface area (Å²) in [5.41, 5.74) is 1.13. The molecule has 8 heteroatoms. The summed E-state index contributed by atoms with van der Waals surface area (Å²) in [6.45, 7) is 3.29. The molecule has 2 N–H and O–H groups in total. The summed E-state index contributed by atoms with van der Waals surface area (Å²) in [6.07, 6.45) is -0.723. The van der Waals surface area contributed by atoms with Crippen molar-refractivity contribution in [1.29, 1.82) is 0 Å². The Morgan fingerprint density at radius 2 is 1.92 bits per heavy atom. The Balaban J connectivity index is 1.72. The van der Waals surface area contributed by atoms with Crippen molar-refractivity contribution >= 4 is 21.4 Å². The number of aromatic nitrogens is 1. The fraction of sp³-hybridized carbons (Fsp3) is 0.235. The summed E-state index contributed by atoms with van der Waals surface area (Å²) in [4.78, 5) is 1.65. The predicted molar refractivity (Wildman–Crippen MR) is 94.8 cm³/mol. The Hall–Kier alpha value is -2.00. The summed E-state index contributed by atoms with van der Waals surface area (Å²) in [7, 11) is -3.70. The van der Waals surface area contributed by atoms with Gasteiger partial charge in [0.1, 0.15) is 16.7 Å². The molecule has 1 aromatic carbocycles. The summed E-state index contributed by atoms with van der Waals surface area (Å²) < 4.78 is 32.3. The van der Waals surface area contributed by atoms with Gasteiger partial charge >= 0.3 is 0 Å². The molecule has 25 heavy (non-hydrogen) atoms. The Bertz CT molecular complexity index is 942. The van der Waals surface area contributed by atoms with Crippen LogP contribution in [-0.2, 0) is 16.6 Å². The first-order valence-electron chi connectivity index (χ1n) is 7.62. The van der Waals surface area contributed by atoms with Gasteiger partial charge in [0.05, 0.1) is 0 Å². The van der Waals surface area contributed by atoms with Gasteiger partial charge in [-0.15, -0.1) is 11.3 Å². The number of benzene rings is 1. The maximum atomic E-state index is 12.4. The summed E-state index contributed by atoms with van der Waals surface area (Å²) in [6, 6.07) is 12.9. The molecule has 0 fully saturated rings. The lowest BCUT2D eigenvalue weighted by atomic mass is 10.1. The predicted octanol–water partition coefficient (Wildman–Crippen LogP) is 2.91. The number of hydrogen-bond acceptors (Lipinski definition) is 6. The average molecular weight is 378 g/mol. The molecule has 3 aromatic rings. The molecule has 1 atom stereocenters. The number of hydrogen-bond donors (Lipinski definition) is 2. The minimum atomic E-state index is -3.70. The molecular weight excluding hydrogens is 360 g/mol. The summed E-state index contributed by atoms with van der Waals surface area (Å²) in [5, 5.41) is 14.1. The molecule has 0 aliphatic rings. The maximum Gasteiger partial charge on any atom is 0.246 e. The highest BCUT2D eigenvalue weighted by Crippen LogP contribution is 2.28. The van der Waals surface area contributed by atoms with Gasteiger partial charge in [0, 0.05) is 16.3 Å². The van der Waals surface area contributed by atoms with Crippen LogP contribution in [0.3, 0.4) is 0 Å². The van der Waals surface area contributed by atoms with Crippen molar-refractivity contribution in [2.45, 2.75) is 31.4 Å². The highest BCUT2D eigenvalue weighted by atomic mass is 32.2. The molecule has 0 aliphatic heterocycles. The lowest BCUT2D eigenvalue weighted by molar-refractivity contribution is 0.224. The standard InChI is InChI=1S/C17H18N2O4S2/c1-11-17(12(2)23-19-11)25(21,22)18-10-14-8-9-15(24-14)16(20)13-6-4-3-5-7-13/h3-9,16,18,20H,10H2,1-2H3. The van der Waals surface area contributed by atoms with Gasteiger partial charge in [0.25, 0.3) is 0 Å². The van der Waals surface area contributed by atoms with Crippen LogP contribution in [0.15, 0.2) is 51.9 Å². The Morgan fingerprint density at radius 1 is 1.20 bits per heavy atom. The molecule has 0 saturated heterocycles. The van der Waals surface area contributed by atoms with Crippen molar-refractivity contribution in [3.8, 4) is 0 Å². The maximum absolute atomic E-state index is 12.4. The van der Waals surface area contributed by atoms with Crippen LogP contribution in [0.4, 0.5) is 0 Å². The quantitative estimate of drug-likeness (QED) is 0.688. The fourth-order valence-electron chi connectivity index (χ4n) is 2.53. The van der Waals surface area contributed by atoms with Crippen LogP contribution in [0.1, 0.15) is 32.9 Å². The first kappa shape index (κ1) is 17.8. The van der Waals surface area contributed by atoms with Crippen LogP contribution in [0.25, 0.3) is 0 Å². The molecule has 2 aromatic heterocycles. The third kappa shape index (κ3) is 3.82. The van der Waals surface area contributed by atoms with E-state index in [2.05, 4.69) is 9.88 Å². The first-order valence-corrected chi connectivity index (χ1v) is 9.92. The largest absolute Gasteiger partial charge is 0.383 e. The zero-order chi connectivity index (χ0) is 18.0. The Morgan fingerprint density at radius 3 is 2.56 bits per heavy atom. The first-order chi connectivity index (χ1) is 11.9. The van der Waals surface area contributed by atoms with Gasteiger partial charge in [0.15, 0.2) is 5.76 Å². The number of rotatable bonds is 6. The number of nitrogens with zero attached hydrogens (tertiary/aromatic N) is 1. The highest BCUT2D eigenvalue weighted by Gasteiger charge is 2.24. The Labute approximate surface area is 150 Å². The van der Waals surface area contributed by atoms with Crippen LogP contribution >= 0.6 is 11.3 Å². The van der Waals surface area contributed by atoms with Crippen LogP contribution in [-0.4, -0.2) is 18.7 Å². The van der Waals surface area contributed by atoms with Gasteiger partial charge in [-0.1, -0.05) is 35.5 Å². The number of nitrogens with one attached hydrogen (secondary N) is 1. The third-order valence-electron chi connectivity index (χ3n) is 3.74. The molecule has 132 valence electrons. The van der Waals surface area contributed by atoms with Gasteiger partial charge < -0.3 is 9.63 Å². The summed E-state index contributed by atoms with van der Waals surface area (Å²) >= 11 is 1.37. The Kier molecular flexibility index (Phi) is 5.05. The number of sulfonamides is 1. The lowest BCUT2D eigenvalue weighted by Crippen LogP contribution is -2.23. The van der Waals surface area contributed by atoms with Crippen LogP contribution in [0, 0.1) is 13.8 Å². The molecule has 3 rings (SSSR count). The minimum absolute atomic E-state index is 0.0774. The van der Waals surface area contributed by atoms with E-state index in [1.165, 1.54) is 11.3 Å². The van der Waals surface area contributed by atoms with E-state index in [0.29, 0.717) is 5.69 Å². The molecule has 1 unspecified atom stereocenters. The molecule has 0 aliphatic carbocycles. The van der Waals surface area contributed by atoms with E-state index >= 15 is 0 Å². The van der Waals surface area contributed by atoms with Crippen molar-refractivity contribution in [2.24, 2.45) is 0 Å². The highest BCUT2D eigenvalue weighted by molar-refractivity contribution is 7.89. The molecule has 0 spiro atoms. The van der Waals surface area contributed by atoms with Crippen molar-refractivity contribution < 1.29 is 18.0 Å². The molecule has 0 radical (unpaired) electrons. The second-order valence-corrected chi connectivity index (χ2v) is 8.50. The molecule has 2 heterocycles. The minimum Gasteiger partial charge on any atom is -0.383 e. The van der Waals surface area contributed by atoms with Crippen molar-refractivity contribution in [2.75, 3.05) is 0 Å². The zero-order valence-corrected chi connectivity index (χ0v) is 15.4. The average Bonchev–Trinajstić information content (AvgIpc) is 3.20. The van der Waals surface area contributed by atoms with Crippen LogP contribution in [0.2, 0.25) is 0 Å². The van der Waals surface area contributed by atoms with E-state index in [1.54, 1.807) is 13.8 Å². The van der Waals surface area contributed by atoms with Gasteiger partial charge in [-0.05, 0) is 31.5 Å². The molecule has 0 amide bonds. The number of aryl methyl sites for hydroxylation is 2. The number of aliphatic hydroxyl groups is 1. The molecule has 6 nitrogen and oxygen atoms in total. The van der Waals surface area contributed by atoms with Gasteiger partial charge in [0.2, 0.25) is 10.0 Å². The van der Waals surface area contributed by atoms with E-state index in [0.717, 1.165) is 15.3 Å². The van der Waals surface area contributed by atoms with Crippen molar-refractivity contribution in [3.05, 3.63) is 69.2 Å². The van der Waals surface area contributed by atoms with Crippen LogP contribution in [0.5, 0.6) is 0 Å². The van der Waals surface area contributed by atoms with Crippen LogP contribution < -0.4 is 4.72 Å². The van der Waals surface area contributed by atoms with E-state index in [1.807, 2.05) is 42.5 Å². The van der Waals surface area contributed by atoms with Crippen molar-refractivity contribution in [1.82, 2.24) is 9.88 Å². The van der Waals surface area contributed by atoms with Gasteiger partial charge in [-0.25, -0.2) is 13.1 Å². The topological polar surface area (TPSA) is 92.4 Å². The molecule has 0 saturated carbocycles. The molecular formula is C17H18N2O4S2. The van der Waals surface area contributed by atoms with Gasteiger partial charge in [-0.3, -0.25) is 0 Å².